The monoisotopic (exact) mass is 1010 g/mol. The first-order chi connectivity index (χ1) is 37.2. The van der Waals surface area contributed by atoms with Crippen LogP contribution in [0.25, 0.3) is 111 Å². The molecule has 0 bridgehead atoms. The lowest BCUT2D eigenvalue weighted by Crippen LogP contribution is -2.10. The third kappa shape index (κ3) is 9.15. The van der Waals surface area contributed by atoms with Crippen LogP contribution in [0.2, 0.25) is 0 Å². The molecule has 0 aliphatic carbocycles. The standard InChI is InChI=1S/C76H72N2/c1-73(2,3)59-35-25-49(26-36-59)69-65-17-13-15-19-67(65)77(71(69)51-29-39-61(40-30-51)75(7,8)9)63-43-33-55-45-53(21-23-57(55)47-63)54-22-24-58-48-64(44-34-56(58)46-54)78-68-20-16-14-18-66(68)70(50-27-37-60(38-28-50)74(4,5)6)72(78)52-31-41-62(42-32-52)76(10,11)12/h13-48H,1-12H3. The van der Waals surface area contributed by atoms with Crippen LogP contribution < -0.4 is 0 Å². The third-order valence-electron chi connectivity index (χ3n) is 16.4. The molecule has 0 N–H and O–H groups in total. The van der Waals surface area contributed by atoms with Crippen LogP contribution in [-0.4, -0.2) is 9.13 Å². The lowest BCUT2D eigenvalue weighted by molar-refractivity contribution is 0.590. The molecule has 0 radical (unpaired) electrons. The first-order valence-corrected chi connectivity index (χ1v) is 28.0. The lowest BCUT2D eigenvalue weighted by Gasteiger charge is -2.21. The number of hydrogen-bond donors (Lipinski definition) is 0. The van der Waals surface area contributed by atoms with E-state index >= 15 is 0 Å². The fraction of sp³-hybridized carbons (Fsp3) is 0.211. The van der Waals surface area contributed by atoms with Gasteiger partial charge in [0.15, 0.2) is 0 Å². The van der Waals surface area contributed by atoms with E-state index in [4.69, 9.17) is 0 Å². The van der Waals surface area contributed by atoms with Gasteiger partial charge in [0.25, 0.3) is 0 Å². The van der Waals surface area contributed by atoms with E-state index in [-0.39, 0.29) is 21.7 Å². The van der Waals surface area contributed by atoms with Crippen molar-refractivity contribution in [3.8, 4) is 67.3 Å². The Balaban J connectivity index is 0.938. The Morgan fingerprint density at radius 3 is 0.833 bits per heavy atom. The summed E-state index contributed by atoms with van der Waals surface area (Å²) in [5.74, 6) is 0. The quantitative estimate of drug-likeness (QED) is 0.151. The predicted octanol–water partition coefficient (Wildman–Crippen LogP) is 21.4. The fourth-order valence-electron chi connectivity index (χ4n) is 11.8. The van der Waals surface area contributed by atoms with Crippen LogP contribution >= 0.6 is 0 Å². The van der Waals surface area contributed by atoms with Crippen LogP contribution in [0, 0.1) is 0 Å². The van der Waals surface area contributed by atoms with Crippen molar-refractivity contribution in [2.75, 3.05) is 0 Å². The molecule has 2 heteroatoms. The number of para-hydroxylation sites is 2. The molecule has 0 saturated heterocycles. The Kier molecular flexibility index (Phi) is 12.2. The molecular weight excluding hydrogens is 941 g/mol. The fourth-order valence-corrected chi connectivity index (χ4v) is 11.8. The van der Waals surface area contributed by atoms with Crippen molar-refractivity contribution >= 4 is 43.4 Å². The van der Waals surface area contributed by atoms with Gasteiger partial charge < -0.3 is 9.13 Å². The zero-order valence-electron chi connectivity index (χ0n) is 47.7. The van der Waals surface area contributed by atoms with Crippen LogP contribution in [0.1, 0.15) is 105 Å². The molecule has 0 fully saturated rings. The van der Waals surface area contributed by atoms with Crippen LogP contribution in [0.5, 0.6) is 0 Å². The molecule has 2 aromatic heterocycles. The van der Waals surface area contributed by atoms with E-state index in [1.54, 1.807) is 0 Å². The first-order valence-electron chi connectivity index (χ1n) is 28.0. The highest BCUT2D eigenvalue weighted by molar-refractivity contribution is 6.08. The average molecular weight is 1010 g/mol. The molecular formula is C76H72N2. The van der Waals surface area contributed by atoms with E-state index < -0.39 is 0 Å². The molecule has 0 saturated carbocycles. The van der Waals surface area contributed by atoms with Gasteiger partial charge in [0.2, 0.25) is 0 Å². The van der Waals surface area contributed by atoms with Crippen LogP contribution in [0.3, 0.4) is 0 Å². The number of aromatic nitrogens is 2. The van der Waals surface area contributed by atoms with Crippen molar-refractivity contribution in [2.24, 2.45) is 0 Å². The van der Waals surface area contributed by atoms with Crippen molar-refractivity contribution in [1.82, 2.24) is 9.13 Å². The molecule has 12 rings (SSSR count). The van der Waals surface area contributed by atoms with Gasteiger partial charge in [-0.05, 0) is 147 Å². The summed E-state index contributed by atoms with van der Waals surface area (Å²) < 4.78 is 4.99. The van der Waals surface area contributed by atoms with Gasteiger partial charge in [-0.2, -0.15) is 0 Å². The summed E-state index contributed by atoms with van der Waals surface area (Å²) in [6.07, 6.45) is 0. The normalized spacial score (nSPS) is 12.6. The molecule has 0 spiro atoms. The predicted molar refractivity (Wildman–Crippen MR) is 337 cm³/mol. The lowest BCUT2D eigenvalue weighted by atomic mass is 9.85. The second kappa shape index (κ2) is 18.8. The van der Waals surface area contributed by atoms with E-state index in [0.29, 0.717) is 0 Å². The minimum absolute atomic E-state index is 0.0546. The number of nitrogens with zero attached hydrogens (tertiary/aromatic N) is 2. The number of benzene rings is 10. The van der Waals surface area contributed by atoms with Crippen molar-refractivity contribution < 1.29 is 0 Å². The minimum Gasteiger partial charge on any atom is -0.309 e. The van der Waals surface area contributed by atoms with Gasteiger partial charge >= 0.3 is 0 Å². The average Bonchev–Trinajstić information content (AvgIpc) is 4.18. The molecule has 2 heterocycles. The molecule has 0 amide bonds. The largest absolute Gasteiger partial charge is 0.309 e. The first kappa shape index (κ1) is 50.6. The molecule has 0 unspecified atom stereocenters. The molecule has 386 valence electrons. The van der Waals surface area contributed by atoms with E-state index in [1.165, 1.54) is 122 Å². The van der Waals surface area contributed by atoms with Gasteiger partial charge in [-0.15, -0.1) is 0 Å². The highest BCUT2D eigenvalue weighted by atomic mass is 15.0. The van der Waals surface area contributed by atoms with Gasteiger partial charge in [-0.3, -0.25) is 0 Å². The van der Waals surface area contributed by atoms with Crippen molar-refractivity contribution in [2.45, 2.75) is 105 Å². The van der Waals surface area contributed by atoms with E-state index in [9.17, 15) is 0 Å². The number of fused-ring (bicyclic) bond motifs is 4. The summed E-state index contributed by atoms with van der Waals surface area (Å²) in [6, 6.07) is 82.8. The van der Waals surface area contributed by atoms with Crippen LogP contribution in [-0.2, 0) is 21.7 Å². The summed E-state index contributed by atoms with van der Waals surface area (Å²) in [7, 11) is 0. The zero-order valence-corrected chi connectivity index (χ0v) is 47.7. The van der Waals surface area contributed by atoms with Crippen molar-refractivity contribution in [3.05, 3.63) is 241 Å². The van der Waals surface area contributed by atoms with Gasteiger partial charge in [0, 0.05) is 33.3 Å². The van der Waals surface area contributed by atoms with Crippen molar-refractivity contribution in [1.29, 1.82) is 0 Å². The van der Waals surface area contributed by atoms with E-state index in [0.717, 1.165) is 11.4 Å². The van der Waals surface area contributed by atoms with Gasteiger partial charge in [-0.25, -0.2) is 0 Å². The van der Waals surface area contributed by atoms with E-state index in [1.807, 2.05) is 0 Å². The Morgan fingerprint density at radius 1 is 0.244 bits per heavy atom. The molecule has 78 heavy (non-hydrogen) atoms. The van der Waals surface area contributed by atoms with E-state index in [2.05, 4.69) is 311 Å². The highest BCUT2D eigenvalue weighted by Crippen LogP contribution is 2.46. The number of rotatable bonds is 7. The molecule has 10 aromatic carbocycles. The molecule has 0 atom stereocenters. The second-order valence-electron chi connectivity index (χ2n) is 26.0. The summed E-state index contributed by atoms with van der Waals surface area (Å²) in [6.45, 7) is 27.4. The summed E-state index contributed by atoms with van der Waals surface area (Å²) >= 11 is 0. The smallest absolute Gasteiger partial charge is 0.0619 e. The number of hydrogen-bond acceptors (Lipinski definition) is 0. The summed E-state index contributed by atoms with van der Waals surface area (Å²) in [5.41, 5.74) is 22.4. The topological polar surface area (TPSA) is 9.86 Å². The summed E-state index contributed by atoms with van der Waals surface area (Å²) in [5, 5.41) is 7.32. The van der Waals surface area contributed by atoms with Crippen molar-refractivity contribution in [3.63, 3.8) is 0 Å². The van der Waals surface area contributed by atoms with Crippen LogP contribution in [0.15, 0.2) is 218 Å². The Hall–Kier alpha value is -8.20. The zero-order chi connectivity index (χ0) is 54.5. The second-order valence-corrected chi connectivity index (χ2v) is 26.0. The Morgan fingerprint density at radius 2 is 0.513 bits per heavy atom. The van der Waals surface area contributed by atoms with Gasteiger partial charge in [0.05, 0.1) is 22.4 Å². The third-order valence-corrected chi connectivity index (χ3v) is 16.4. The molecule has 2 nitrogen and oxygen atoms in total. The maximum Gasteiger partial charge on any atom is 0.0619 e. The van der Waals surface area contributed by atoms with Gasteiger partial charge in [0.1, 0.15) is 0 Å². The Bertz CT molecular complexity index is 3950. The maximum absolute atomic E-state index is 2.49. The minimum atomic E-state index is 0.0546. The molecule has 0 aliphatic heterocycles. The molecule has 12 aromatic rings. The molecule has 0 aliphatic rings. The van der Waals surface area contributed by atoms with Crippen LogP contribution in [0.4, 0.5) is 0 Å². The maximum atomic E-state index is 2.49. The highest BCUT2D eigenvalue weighted by Gasteiger charge is 2.26. The summed E-state index contributed by atoms with van der Waals surface area (Å²) in [4.78, 5) is 0. The van der Waals surface area contributed by atoms with Gasteiger partial charge in [-0.1, -0.05) is 253 Å². The Labute approximate surface area is 462 Å². The SMILES string of the molecule is CC(C)(C)c1ccc(-c2c(-c3ccc(C(C)(C)C)cc3)n(-c3ccc4cc(-c5ccc6cc(-n7c(-c8ccc(C(C)(C)C)cc8)c(-c8ccc(C(C)(C)C)cc8)c8ccccc87)ccc6c5)ccc4c3)c3ccccc23)cc1.